The lowest BCUT2D eigenvalue weighted by Gasteiger charge is -2.12. The first-order valence-electron chi connectivity index (χ1n) is 12.5. The fourth-order valence-corrected chi connectivity index (χ4v) is 3.63. The summed E-state index contributed by atoms with van der Waals surface area (Å²) in [7, 11) is 0. The third-order valence-corrected chi connectivity index (χ3v) is 5.48. The minimum atomic E-state index is 0.448. The standard InChI is InChI=1S/C26H43N7O/c27-7-1-9-29-11-3-13-31-18-22-15-23(19-32-14-4-12-30-10-2-8-28)17-25(16-22)24-5-6-26(21-34)33-20-24/h5-6,15-17,20-21,29-32H,1-4,7-14,18-19,27-28H2. The van der Waals surface area contributed by atoms with Gasteiger partial charge in [-0.05, 0) is 113 Å². The molecule has 0 unspecified atom stereocenters. The average Bonchev–Trinajstić information content (AvgIpc) is 2.87. The summed E-state index contributed by atoms with van der Waals surface area (Å²) in [5.74, 6) is 0. The number of hydrogen-bond acceptors (Lipinski definition) is 8. The summed E-state index contributed by atoms with van der Waals surface area (Å²) in [4.78, 5) is 15.2. The molecule has 0 radical (unpaired) electrons. The molecule has 0 aliphatic rings. The first-order chi connectivity index (χ1) is 16.8. The lowest BCUT2D eigenvalue weighted by Crippen LogP contribution is -2.24. The first kappa shape index (κ1) is 28.0. The molecular weight excluding hydrogens is 426 g/mol. The Balaban J connectivity index is 1.89. The summed E-state index contributed by atoms with van der Waals surface area (Å²) in [6.45, 7) is 8.97. The molecule has 8 nitrogen and oxygen atoms in total. The van der Waals surface area contributed by atoms with Crippen molar-refractivity contribution in [3.63, 3.8) is 0 Å². The molecule has 1 aromatic carbocycles. The molecule has 8 N–H and O–H groups in total. The zero-order chi connectivity index (χ0) is 24.3. The van der Waals surface area contributed by atoms with Gasteiger partial charge in [0.25, 0.3) is 0 Å². The number of aldehydes is 1. The van der Waals surface area contributed by atoms with Crippen molar-refractivity contribution in [2.75, 3.05) is 52.4 Å². The van der Waals surface area contributed by atoms with E-state index in [2.05, 4.69) is 44.5 Å². The van der Waals surface area contributed by atoms with E-state index in [1.54, 1.807) is 12.3 Å². The van der Waals surface area contributed by atoms with Gasteiger partial charge in [0.2, 0.25) is 0 Å². The third kappa shape index (κ3) is 11.8. The molecule has 8 heteroatoms. The Morgan fingerprint density at radius 1 is 0.676 bits per heavy atom. The molecule has 188 valence electrons. The summed E-state index contributed by atoms with van der Waals surface area (Å²) in [5, 5.41) is 13.9. The lowest BCUT2D eigenvalue weighted by atomic mass is 10.0. The van der Waals surface area contributed by atoms with Crippen LogP contribution in [0.15, 0.2) is 36.5 Å². The van der Waals surface area contributed by atoms with Crippen molar-refractivity contribution in [2.45, 2.75) is 38.8 Å². The fraction of sp³-hybridized carbons (Fsp3) is 0.538. The number of benzene rings is 1. The second kappa shape index (κ2) is 18.2. The van der Waals surface area contributed by atoms with Crippen LogP contribution < -0.4 is 32.7 Å². The Labute approximate surface area is 204 Å². The molecule has 0 spiro atoms. The van der Waals surface area contributed by atoms with E-state index in [9.17, 15) is 4.79 Å². The number of hydrogen-bond donors (Lipinski definition) is 6. The van der Waals surface area contributed by atoms with E-state index < -0.39 is 0 Å². The zero-order valence-corrected chi connectivity index (χ0v) is 20.5. The summed E-state index contributed by atoms with van der Waals surface area (Å²) in [6.07, 6.45) is 6.74. The van der Waals surface area contributed by atoms with Crippen LogP contribution in [0.4, 0.5) is 0 Å². The molecule has 34 heavy (non-hydrogen) atoms. The van der Waals surface area contributed by atoms with E-state index in [1.807, 2.05) is 6.07 Å². The van der Waals surface area contributed by atoms with E-state index in [0.717, 1.165) is 109 Å². The molecule has 0 saturated carbocycles. The number of nitrogens with one attached hydrogen (secondary N) is 4. The van der Waals surface area contributed by atoms with Crippen molar-refractivity contribution in [2.24, 2.45) is 11.5 Å². The van der Waals surface area contributed by atoms with Crippen LogP contribution in [-0.4, -0.2) is 63.6 Å². The van der Waals surface area contributed by atoms with Gasteiger partial charge < -0.3 is 32.7 Å². The van der Waals surface area contributed by atoms with E-state index in [-0.39, 0.29) is 0 Å². The molecule has 0 fully saturated rings. The smallest absolute Gasteiger partial charge is 0.168 e. The van der Waals surface area contributed by atoms with Crippen LogP contribution in [0, 0.1) is 0 Å². The van der Waals surface area contributed by atoms with Crippen LogP contribution >= 0.6 is 0 Å². The van der Waals surface area contributed by atoms with Crippen LogP contribution in [0.2, 0.25) is 0 Å². The molecule has 0 aliphatic heterocycles. The lowest BCUT2D eigenvalue weighted by molar-refractivity contribution is 0.111. The van der Waals surface area contributed by atoms with Gasteiger partial charge in [0.05, 0.1) is 0 Å². The Morgan fingerprint density at radius 2 is 1.21 bits per heavy atom. The molecule has 1 heterocycles. The predicted molar refractivity (Wildman–Crippen MR) is 141 cm³/mol. The van der Waals surface area contributed by atoms with Gasteiger partial charge in [0.1, 0.15) is 5.69 Å². The van der Waals surface area contributed by atoms with Gasteiger partial charge in [-0.3, -0.25) is 9.78 Å². The minimum absolute atomic E-state index is 0.448. The van der Waals surface area contributed by atoms with Gasteiger partial charge in [0, 0.05) is 24.8 Å². The Bertz CT molecular complexity index is 760. The molecule has 0 atom stereocenters. The molecule has 0 saturated heterocycles. The van der Waals surface area contributed by atoms with Crippen LogP contribution in [0.1, 0.15) is 47.3 Å². The van der Waals surface area contributed by atoms with Crippen molar-refractivity contribution in [1.82, 2.24) is 26.3 Å². The van der Waals surface area contributed by atoms with Crippen molar-refractivity contribution in [3.8, 4) is 11.1 Å². The van der Waals surface area contributed by atoms with Gasteiger partial charge in [-0.25, -0.2) is 0 Å². The molecule has 1 aromatic heterocycles. The Hall–Kier alpha value is -2.20. The second-order valence-electron chi connectivity index (χ2n) is 8.47. The second-order valence-corrected chi connectivity index (χ2v) is 8.47. The number of rotatable bonds is 20. The Kier molecular flexibility index (Phi) is 15.0. The normalized spacial score (nSPS) is 11.1. The highest BCUT2D eigenvalue weighted by Crippen LogP contribution is 2.22. The van der Waals surface area contributed by atoms with Crippen LogP contribution in [0.3, 0.4) is 0 Å². The predicted octanol–water partition coefficient (Wildman–Crippen LogP) is 1.40. The molecule has 0 amide bonds. The van der Waals surface area contributed by atoms with E-state index in [0.29, 0.717) is 5.69 Å². The van der Waals surface area contributed by atoms with Gasteiger partial charge in [-0.15, -0.1) is 0 Å². The highest BCUT2D eigenvalue weighted by Gasteiger charge is 2.05. The highest BCUT2D eigenvalue weighted by atomic mass is 16.1. The van der Waals surface area contributed by atoms with E-state index in [4.69, 9.17) is 11.5 Å². The fourth-order valence-electron chi connectivity index (χ4n) is 3.63. The zero-order valence-electron chi connectivity index (χ0n) is 20.5. The van der Waals surface area contributed by atoms with Gasteiger partial charge in [-0.2, -0.15) is 0 Å². The number of nitrogens with two attached hydrogens (primary N) is 2. The minimum Gasteiger partial charge on any atom is -0.330 e. The average molecular weight is 470 g/mol. The van der Waals surface area contributed by atoms with Crippen LogP contribution in [-0.2, 0) is 13.1 Å². The van der Waals surface area contributed by atoms with Crippen molar-refractivity contribution < 1.29 is 4.79 Å². The molecular formula is C26H43N7O. The number of carbonyl (C=O) groups is 1. The molecule has 2 rings (SSSR count). The maximum atomic E-state index is 11.0. The topological polar surface area (TPSA) is 130 Å². The number of nitrogens with zero attached hydrogens (tertiary/aromatic N) is 1. The monoisotopic (exact) mass is 469 g/mol. The molecule has 0 bridgehead atoms. The van der Waals surface area contributed by atoms with Gasteiger partial charge >= 0.3 is 0 Å². The van der Waals surface area contributed by atoms with Crippen LogP contribution in [0.5, 0.6) is 0 Å². The number of aromatic nitrogens is 1. The largest absolute Gasteiger partial charge is 0.330 e. The number of carbonyl (C=O) groups excluding carboxylic acids is 1. The highest BCUT2D eigenvalue weighted by molar-refractivity contribution is 5.73. The van der Waals surface area contributed by atoms with E-state index >= 15 is 0 Å². The Morgan fingerprint density at radius 3 is 1.68 bits per heavy atom. The maximum absolute atomic E-state index is 11.0. The van der Waals surface area contributed by atoms with E-state index in [1.165, 1.54) is 11.1 Å². The van der Waals surface area contributed by atoms with Crippen LogP contribution in [0.25, 0.3) is 11.1 Å². The molecule has 2 aromatic rings. The van der Waals surface area contributed by atoms with Gasteiger partial charge in [-0.1, -0.05) is 12.1 Å². The quantitative estimate of drug-likeness (QED) is 0.127. The van der Waals surface area contributed by atoms with Gasteiger partial charge in [0.15, 0.2) is 6.29 Å². The first-order valence-corrected chi connectivity index (χ1v) is 12.5. The summed E-state index contributed by atoms with van der Waals surface area (Å²) >= 11 is 0. The van der Waals surface area contributed by atoms with Crippen molar-refractivity contribution >= 4 is 6.29 Å². The molecule has 0 aliphatic carbocycles. The number of pyridine rings is 1. The third-order valence-electron chi connectivity index (χ3n) is 5.48. The van der Waals surface area contributed by atoms with Crippen molar-refractivity contribution in [3.05, 3.63) is 53.3 Å². The maximum Gasteiger partial charge on any atom is 0.168 e. The summed E-state index contributed by atoms with van der Waals surface area (Å²) < 4.78 is 0. The summed E-state index contributed by atoms with van der Waals surface area (Å²) in [5.41, 5.74) is 16.1. The van der Waals surface area contributed by atoms with Crippen molar-refractivity contribution in [1.29, 1.82) is 0 Å². The SMILES string of the molecule is NCCCNCCCNCc1cc(CNCCCNCCCN)cc(-c2ccc(C=O)nc2)c1. The summed E-state index contributed by atoms with van der Waals surface area (Å²) in [6, 6.07) is 10.4.